The van der Waals surface area contributed by atoms with Crippen LogP contribution in [0.5, 0.6) is 0 Å². The average molecular weight is 388 g/mol. The lowest BCUT2D eigenvalue weighted by Crippen LogP contribution is -2.39. The van der Waals surface area contributed by atoms with Gasteiger partial charge in [-0.05, 0) is 43.7 Å². The van der Waals surface area contributed by atoms with E-state index >= 15 is 0 Å². The molecule has 4 atom stereocenters. The summed E-state index contributed by atoms with van der Waals surface area (Å²) in [4.78, 5) is 51.0. The van der Waals surface area contributed by atoms with Crippen molar-refractivity contribution in [1.82, 2.24) is 4.90 Å². The van der Waals surface area contributed by atoms with E-state index < -0.39 is 11.9 Å². The number of anilines is 1. The van der Waals surface area contributed by atoms with E-state index in [2.05, 4.69) is 5.32 Å². The van der Waals surface area contributed by atoms with Gasteiger partial charge in [0, 0.05) is 0 Å². The summed E-state index contributed by atoms with van der Waals surface area (Å²) in [6.45, 7) is 3.46. The zero-order valence-electron chi connectivity index (χ0n) is 15.1. The van der Waals surface area contributed by atoms with Crippen molar-refractivity contribution in [1.29, 1.82) is 0 Å². The minimum absolute atomic E-state index is 0.122. The Labute approximate surface area is 160 Å². The molecule has 1 aliphatic heterocycles. The van der Waals surface area contributed by atoms with E-state index in [1.165, 1.54) is 0 Å². The number of imide groups is 1. The largest absolute Gasteiger partial charge is 0.462 e. The third-order valence-corrected chi connectivity index (χ3v) is 6.64. The average Bonchev–Trinajstić information content (AvgIpc) is 3.36. The zero-order chi connectivity index (χ0) is 19.3. The Kier molecular flexibility index (Phi) is 4.38. The van der Waals surface area contributed by atoms with Crippen LogP contribution in [-0.4, -0.2) is 41.7 Å². The van der Waals surface area contributed by atoms with Crippen molar-refractivity contribution in [3.05, 3.63) is 28.7 Å². The third-order valence-electron chi connectivity index (χ3n) is 5.50. The molecule has 1 aromatic rings. The van der Waals surface area contributed by atoms with Crippen LogP contribution in [-0.2, 0) is 19.1 Å². The summed E-state index contributed by atoms with van der Waals surface area (Å²) in [5.74, 6) is -1.74. The van der Waals surface area contributed by atoms with E-state index in [1.807, 2.05) is 12.2 Å². The molecular formula is C19H20N2O5S. The lowest BCUT2D eigenvalue weighted by Gasteiger charge is -2.16. The number of carbonyl (C=O) groups excluding carboxylic acids is 4. The predicted octanol–water partition coefficient (Wildman–Crippen LogP) is 1.98. The van der Waals surface area contributed by atoms with Gasteiger partial charge in [-0.25, -0.2) is 4.79 Å². The zero-order valence-corrected chi connectivity index (χ0v) is 15.9. The summed E-state index contributed by atoms with van der Waals surface area (Å²) in [7, 11) is 0. The fourth-order valence-electron chi connectivity index (χ4n) is 4.38. The molecule has 3 amide bonds. The maximum atomic E-state index is 12.6. The van der Waals surface area contributed by atoms with Gasteiger partial charge in [-0.15, -0.1) is 11.3 Å². The maximum Gasteiger partial charge on any atom is 0.348 e. The van der Waals surface area contributed by atoms with E-state index in [1.54, 1.807) is 19.9 Å². The van der Waals surface area contributed by atoms with Gasteiger partial charge in [-0.2, -0.15) is 0 Å². The number of hydrogen-bond acceptors (Lipinski definition) is 6. The monoisotopic (exact) mass is 388 g/mol. The van der Waals surface area contributed by atoms with E-state index in [0.717, 1.165) is 22.7 Å². The summed E-state index contributed by atoms with van der Waals surface area (Å²) >= 11 is 1.12. The highest BCUT2D eigenvalue weighted by Crippen LogP contribution is 2.52. The van der Waals surface area contributed by atoms with Crippen LogP contribution >= 0.6 is 11.3 Å². The van der Waals surface area contributed by atoms with Gasteiger partial charge in [0.25, 0.3) is 0 Å². The van der Waals surface area contributed by atoms with Crippen molar-refractivity contribution in [2.24, 2.45) is 23.7 Å². The van der Waals surface area contributed by atoms with Gasteiger partial charge >= 0.3 is 5.97 Å². The summed E-state index contributed by atoms with van der Waals surface area (Å²) in [6, 6.07) is 1.68. The summed E-state index contributed by atoms with van der Waals surface area (Å²) in [6.07, 6.45) is 4.90. The second-order valence-electron chi connectivity index (χ2n) is 7.15. The molecule has 7 nitrogen and oxygen atoms in total. The van der Waals surface area contributed by atoms with Crippen LogP contribution in [0, 0.1) is 30.6 Å². The molecule has 4 rings (SSSR count). The summed E-state index contributed by atoms with van der Waals surface area (Å²) in [5, 5.41) is 3.17. The molecule has 1 saturated carbocycles. The second-order valence-corrected chi connectivity index (χ2v) is 8.21. The van der Waals surface area contributed by atoms with Crippen molar-refractivity contribution >= 4 is 40.0 Å². The standard InChI is InChI=1S/C19H20N2O5S/c1-3-26-19(25)16-9(2)6-13(27-16)20-12(22)8-21-17(23)14-10-4-5-11(7-10)15(14)18(21)24/h4-6,10-11,14-15H,3,7-8H2,1-2H3,(H,20,22)/t10-,11-,14-,15+/m1/s1. The van der Waals surface area contributed by atoms with Crippen LogP contribution in [0.25, 0.3) is 0 Å². The number of esters is 1. The van der Waals surface area contributed by atoms with Crippen LogP contribution < -0.4 is 5.32 Å². The molecule has 27 heavy (non-hydrogen) atoms. The molecule has 1 N–H and O–H groups in total. The van der Waals surface area contributed by atoms with Gasteiger partial charge in [-0.3, -0.25) is 19.3 Å². The highest BCUT2D eigenvalue weighted by molar-refractivity contribution is 7.18. The molecule has 2 heterocycles. The number of amides is 3. The highest BCUT2D eigenvalue weighted by Gasteiger charge is 2.59. The number of aryl methyl sites for hydroxylation is 1. The molecule has 8 heteroatoms. The van der Waals surface area contributed by atoms with Crippen LogP contribution in [0.2, 0.25) is 0 Å². The minimum atomic E-state index is -0.450. The van der Waals surface area contributed by atoms with Crippen molar-refractivity contribution in [2.75, 3.05) is 18.5 Å². The molecular weight excluding hydrogens is 368 g/mol. The molecule has 2 fully saturated rings. The number of nitrogens with zero attached hydrogens (tertiary/aromatic N) is 1. The first-order chi connectivity index (χ1) is 12.9. The van der Waals surface area contributed by atoms with Gasteiger partial charge in [0.05, 0.1) is 23.4 Å². The fraction of sp³-hybridized carbons (Fsp3) is 0.474. The van der Waals surface area contributed by atoms with Gasteiger partial charge < -0.3 is 10.1 Å². The van der Waals surface area contributed by atoms with Crippen LogP contribution in [0.1, 0.15) is 28.6 Å². The van der Waals surface area contributed by atoms with Gasteiger partial charge in [0.15, 0.2) is 0 Å². The first kappa shape index (κ1) is 17.9. The highest BCUT2D eigenvalue weighted by atomic mass is 32.1. The van der Waals surface area contributed by atoms with Crippen molar-refractivity contribution in [2.45, 2.75) is 20.3 Å². The smallest absolute Gasteiger partial charge is 0.348 e. The molecule has 0 aromatic carbocycles. The fourth-order valence-corrected chi connectivity index (χ4v) is 5.37. The number of thiophene rings is 1. The Morgan fingerprint density at radius 3 is 2.44 bits per heavy atom. The quantitative estimate of drug-likeness (QED) is 0.473. The number of likely N-dealkylation sites (tertiary alicyclic amines) is 1. The van der Waals surface area contributed by atoms with E-state index in [4.69, 9.17) is 4.74 Å². The normalized spacial score (nSPS) is 28.0. The van der Waals surface area contributed by atoms with Crippen molar-refractivity contribution in [3.8, 4) is 0 Å². The third kappa shape index (κ3) is 2.88. The number of nitrogens with one attached hydrogen (secondary N) is 1. The van der Waals surface area contributed by atoms with E-state index in [-0.39, 0.29) is 48.6 Å². The first-order valence-corrected chi connectivity index (χ1v) is 9.83. The minimum Gasteiger partial charge on any atom is -0.462 e. The molecule has 0 unspecified atom stereocenters. The van der Waals surface area contributed by atoms with Gasteiger partial charge in [0.1, 0.15) is 11.4 Å². The van der Waals surface area contributed by atoms with E-state index in [9.17, 15) is 19.2 Å². The molecule has 1 saturated heterocycles. The molecule has 0 spiro atoms. The molecule has 2 bridgehead atoms. The number of rotatable bonds is 5. The van der Waals surface area contributed by atoms with Gasteiger partial charge in [0.2, 0.25) is 17.7 Å². The molecule has 142 valence electrons. The van der Waals surface area contributed by atoms with Crippen LogP contribution in [0.3, 0.4) is 0 Å². The summed E-state index contributed by atoms with van der Waals surface area (Å²) < 4.78 is 4.99. The van der Waals surface area contributed by atoms with E-state index in [0.29, 0.717) is 15.4 Å². The van der Waals surface area contributed by atoms with Gasteiger partial charge in [-0.1, -0.05) is 12.2 Å². The molecule has 3 aliphatic rings. The lowest BCUT2D eigenvalue weighted by molar-refractivity contribution is -0.143. The molecule has 0 radical (unpaired) electrons. The van der Waals surface area contributed by atoms with Crippen molar-refractivity contribution in [3.63, 3.8) is 0 Å². The Morgan fingerprint density at radius 2 is 1.85 bits per heavy atom. The second kappa shape index (κ2) is 6.60. The first-order valence-electron chi connectivity index (χ1n) is 9.01. The Morgan fingerprint density at radius 1 is 1.22 bits per heavy atom. The number of carbonyl (C=O) groups is 4. The topological polar surface area (TPSA) is 92.8 Å². The number of allylic oxidation sites excluding steroid dienone is 2. The Bertz CT molecular complexity index is 843. The van der Waals surface area contributed by atoms with Crippen LogP contribution in [0.4, 0.5) is 5.00 Å². The SMILES string of the molecule is CCOC(=O)c1sc(NC(=O)CN2C(=O)[C@@H]3[C@H](C2=O)[C@@H]2C=C[C@@H]3C2)cc1C. The molecule has 1 aromatic heterocycles. The predicted molar refractivity (Wildman–Crippen MR) is 98.1 cm³/mol. The Hall–Kier alpha value is -2.48. The number of ether oxygens (including phenoxy) is 1. The maximum absolute atomic E-state index is 12.6. The Balaban J connectivity index is 1.42. The number of hydrogen-bond donors (Lipinski definition) is 1. The van der Waals surface area contributed by atoms with Crippen LogP contribution in [0.15, 0.2) is 18.2 Å². The van der Waals surface area contributed by atoms with Crippen molar-refractivity contribution < 1.29 is 23.9 Å². The molecule has 2 aliphatic carbocycles. The lowest BCUT2D eigenvalue weighted by atomic mass is 9.85. The number of fused-ring (bicyclic) bond motifs is 5. The summed E-state index contributed by atoms with van der Waals surface area (Å²) in [5.41, 5.74) is 0.708.